The number of hydrogen-bond acceptors (Lipinski definition) is 9. The molecule has 3 radical (unpaired) electrons. The summed E-state index contributed by atoms with van der Waals surface area (Å²) in [6.45, 7) is -0.201. The molecule has 0 aliphatic rings. The number of carbonyl (C=O) groups excluding carboxylic acids is 1. The van der Waals surface area contributed by atoms with Gasteiger partial charge in [0.2, 0.25) is 11.8 Å². The van der Waals surface area contributed by atoms with Crippen molar-refractivity contribution in [2.24, 2.45) is 0 Å². The van der Waals surface area contributed by atoms with E-state index in [1.807, 2.05) is 0 Å². The predicted molar refractivity (Wildman–Crippen MR) is 160 cm³/mol. The number of imidazole rings is 2. The molecule has 4 aromatic heterocycles. The molecule has 0 saturated carbocycles. The standard InChI is InChI=1S/C15H12FN3O3.C14H12FN3O2.B.Ca.2ClH.Na.H/c1-21-14-12-7-17-13(9-3-5-10(16)6-4-9)19(12)8-11(18-14)15(20)22-2;1-20-14-12-6-16-13(9-2-4-10(15)5-3-9)18(12)7-11(8-19)17-14;;;;;;/h3-8H,1-2H3;2-7,19H,8H2,1H3;;;2*1H;;/q;;;+2;;;+1;-1/p-2. The number of esters is 1. The van der Waals surface area contributed by atoms with Crippen molar-refractivity contribution in [3.63, 3.8) is 0 Å². The Balaban J connectivity index is 0. The summed E-state index contributed by atoms with van der Waals surface area (Å²) in [4.78, 5) is 28.6. The Labute approximate surface area is 336 Å². The SMILES string of the molecule is COC(=O)c1cn2c(-c3ccc(F)cc3)ncc2c(OC)n1.COc1nc(CO)cn2c(-c3ccc(F)cc3)ncc12.[B].[Ca+2].[Cl-].[Cl-].[H-].[Na+]. The summed E-state index contributed by atoms with van der Waals surface area (Å²) in [5, 5.41) is 9.25. The van der Waals surface area contributed by atoms with E-state index < -0.39 is 5.97 Å². The van der Waals surface area contributed by atoms with Gasteiger partial charge in [0.15, 0.2) is 5.69 Å². The first-order chi connectivity index (χ1) is 20.4. The summed E-state index contributed by atoms with van der Waals surface area (Å²) in [5.74, 6) is 0.598. The Bertz CT molecular complexity index is 1910. The number of fused-ring (bicyclic) bond motifs is 2. The number of methoxy groups -OCH3 is 3. The molecule has 4 heterocycles. The van der Waals surface area contributed by atoms with E-state index in [1.165, 1.54) is 51.8 Å². The molecule has 0 saturated heterocycles. The molecule has 1 N–H and O–H groups in total. The molecule has 0 amide bonds. The van der Waals surface area contributed by atoms with Gasteiger partial charge in [-0.05, 0) is 48.5 Å². The van der Waals surface area contributed by atoms with Gasteiger partial charge < -0.3 is 45.6 Å². The molecule has 0 atom stereocenters. The fourth-order valence-electron chi connectivity index (χ4n) is 4.19. The Hall–Kier alpha value is -2.53. The number of hydrogen-bond donors (Lipinski definition) is 1. The number of aliphatic hydroxyl groups is 1. The summed E-state index contributed by atoms with van der Waals surface area (Å²) in [5.41, 5.74) is 3.30. The fourth-order valence-corrected chi connectivity index (χ4v) is 4.19. The van der Waals surface area contributed by atoms with Gasteiger partial charge >= 0.3 is 73.3 Å². The molecule has 18 heteroatoms. The van der Waals surface area contributed by atoms with Crippen LogP contribution in [0.3, 0.4) is 0 Å². The minimum Gasteiger partial charge on any atom is -1.00 e. The van der Waals surface area contributed by atoms with Crippen LogP contribution in [-0.2, 0) is 11.3 Å². The van der Waals surface area contributed by atoms with Crippen molar-refractivity contribution < 1.29 is 88.7 Å². The molecule has 0 fully saturated rings. The zero-order valence-corrected chi connectivity index (χ0v) is 31.4. The van der Waals surface area contributed by atoms with Gasteiger partial charge in [0.05, 0.1) is 46.0 Å². The third-order valence-electron chi connectivity index (χ3n) is 6.18. The zero-order chi connectivity index (χ0) is 29.8. The van der Waals surface area contributed by atoms with E-state index in [0.29, 0.717) is 39.8 Å². The maximum Gasteiger partial charge on any atom is 2.00 e. The van der Waals surface area contributed by atoms with Crippen molar-refractivity contribution in [2.75, 3.05) is 21.3 Å². The molecule has 0 aliphatic heterocycles. The minimum absolute atomic E-state index is 0. The molecule has 11 nitrogen and oxygen atoms in total. The molecule has 6 rings (SSSR count). The Morgan fingerprint density at radius 1 is 0.787 bits per heavy atom. The molecule has 0 spiro atoms. The van der Waals surface area contributed by atoms with Crippen LogP contribution < -0.4 is 63.8 Å². The first kappa shape index (κ1) is 44.5. The summed E-state index contributed by atoms with van der Waals surface area (Å²) in [6, 6.07) is 11.9. The van der Waals surface area contributed by atoms with Crippen LogP contribution in [0.25, 0.3) is 33.8 Å². The van der Waals surface area contributed by atoms with E-state index in [4.69, 9.17) is 9.47 Å². The molecule has 235 valence electrons. The second-order valence-electron chi connectivity index (χ2n) is 8.71. The second-order valence-corrected chi connectivity index (χ2v) is 8.71. The van der Waals surface area contributed by atoms with Crippen LogP contribution in [0.2, 0.25) is 0 Å². The minimum atomic E-state index is -0.584. The van der Waals surface area contributed by atoms with Crippen molar-refractivity contribution in [1.29, 1.82) is 0 Å². The van der Waals surface area contributed by atoms with Gasteiger partial charge in [0, 0.05) is 31.9 Å². The van der Waals surface area contributed by atoms with E-state index >= 15 is 0 Å². The Morgan fingerprint density at radius 2 is 1.21 bits per heavy atom. The van der Waals surface area contributed by atoms with Crippen molar-refractivity contribution >= 4 is 63.2 Å². The van der Waals surface area contributed by atoms with Crippen LogP contribution in [0.1, 0.15) is 17.6 Å². The third kappa shape index (κ3) is 9.77. The number of rotatable bonds is 6. The molecule has 0 aliphatic carbocycles. The smallest absolute Gasteiger partial charge is 1.00 e. The molecular weight excluding hydrogens is 695 g/mol. The summed E-state index contributed by atoms with van der Waals surface area (Å²) >= 11 is 0. The monoisotopic (exact) mass is 719 g/mol. The third-order valence-corrected chi connectivity index (χ3v) is 6.18. The van der Waals surface area contributed by atoms with Crippen LogP contribution in [0.4, 0.5) is 8.78 Å². The first-order valence-corrected chi connectivity index (χ1v) is 12.4. The van der Waals surface area contributed by atoms with Crippen LogP contribution >= 0.6 is 0 Å². The van der Waals surface area contributed by atoms with Crippen LogP contribution in [0.15, 0.2) is 73.3 Å². The van der Waals surface area contributed by atoms with E-state index in [1.54, 1.807) is 51.7 Å². The topological polar surface area (TPSA) is 125 Å². The number of aliphatic hydroxyl groups excluding tert-OH is 1. The summed E-state index contributed by atoms with van der Waals surface area (Å²) in [7, 11) is 4.23. The van der Waals surface area contributed by atoms with Crippen LogP contribution in [-0.4, -0.2) is 107 Å². The molecular formula is C29H25BCaCl2F2N6NaO5. The van der Waals surface area contributed by atoms with Crippen molar-refractivity contribution in [3.05, 3.63) is 96.3 Å². The van der Waals surface area contributed by atoms with Gasteiger partial charge in [-0.1, -0.05) is 0 Å². The van der Waals surface area contributed by atoms with Gasteiger partial charge in [-0.2, -0.15) is 0 Å². The molecule has 0 unspecified atom stereocenters. The van der Waals surface area contributed by atoms with E-state index in [2.05, 4.69) is 24.7 Å². The van der Waals surface area contributed by atoms with Crippen LogP contribution in [0, 0.1) is 11.6 Å². The van der Waals surface area contributed by atoms with Crippen LogP contribution in [0.5, 0.6) is 11.8 Å². The van der Waals surface area contributed by atoms with Crippen molar-refractivity contribution in [2.45, 2.75) is 6.61 Å². The number of carbonyl (C=O) groups is 1. The van der Waals surface area contributed by atoms with E-state index in [-0.39, 0.29) is 132 Å². The molecule has 2 aromatic carbocycles. The molecule has 47 heavy (non-hydrogen) atoms. The predicted octanol–water partition coefficient (Wildman–Crippen LogP) is -5.27. The van der Waals surface area contributed by atoms with Gasteiger partial charge in [0.25, 0.3) is 0 Å². The Kier molecular flexibility index (Phi) is 19.0. The normalized spacial score (nSPS) is 9.66. The number of benzene rings is 2. The number of ether oxygens (including phenoxy) is 3. The largest absolute Gasteiger partial charge is 2.00 e. The van der Waals surface area contributed by atoms with Crippen molar-refractivity contribution in [3.8, 4) is 34.5 Å². The number of halogens is 4. The average Bonchev–Trinajstić information content (AvgIpc) is 3.65. The maximum atomic E-state index is 13.1. The second kappa shape index (κ2) is 20.1. The fraction of sp³-hybridized carbons (Fsp3) is 0.138. The van der Waals surface area contributed by atoms with E-state index in [9.17, 15) is 18.7 Å². The van der Waals surface area contributed by atoms with E-state index in [0.717, 1.165) is 5.56 Å². The van der Waals surface area contributed by atoms with Gasteiger partial charge in [-0.25, -0.2) is 33.5 Å². The number of aromatic nitrogens is 6. The average molecular weight is 720 g/mol. The number of nitrogens with zero attached hydrogens (tertiary/aromatic N) is 6. The molecule has 0 bridgehead atoms. The van der Waals surface area contributed by atoms with Crippen molar-refractivity contribution in [1.82, 2.24) is 28.7 Å². The Morgan fingerprint density at radius 3 is 1.62 bits per heavy atom. The summed E-state index contributed by atoms with van der Waals surface area (Å²) in [6.07, 6.45) is 6.40. The quantitative estimate of drug-likeness (QED) is 0.133. The maximum absolute atomic E-state index is 13.1. The van der Waals surface area contributed by atoms with Gasteiger partial charge in [-0.3, -0.25) is 8.80 Å². The van der Waals surface area contributed by atoms with Gasteiger partial charge in [-0.15, -0.1) is 0 Å². The molecule has 6 aromatic rings. The summed E-state index contributed by atoms with van der Waals surface area (Å²) < 4.78 is 44.5. The first-order valence-electron chi connectivity index (χ1n) is 12.4. The zero-order valence-electron chi connectivity index (χ0n) is 26.7. The van der Waals surface area contributed by atoms with Gasteiger partial charge in [0.1, 0.15) is 34.3 Å².